The number of aromatic amines is 1. The Hall–Kier alpha value is -1.86. The molecule has 1 amide bonds. The molecule has 0 saturated carbocycles. The predicted molar refractivity (Wildman–Crippen MR) is 83.2 cm³/mol. The van der Waals surface area contributed by atoms with Crippen LogP contribution in [-0.2, 0) is 21.2 Å². The van der Waals surface area contributed by atoms with E-state index in [1.54, 1.807) is 19.2 Å². The summed E-state index contributed by atoms with van der Waals surface area (Å²) in [6, 6.07) is 4.32. The van der Waals surface area contributed by atoms with E-state index in [-0.39, 0.29) is 11.3 Å². The summed E-state index contributed by atoms with van der Waals surface area (Å²) in [6.07, 6.45) is 2.01. The lowest BCUT2D eigenvalue weighted by Gasteiger charge is -2.08. The van der Waals surface area contributed by atoms with Gasteiger partial charge in [0.15, 0.2) is 0 Å². The lowest BCUT2D eigenvalue weighted by Crippen LogP contribution is -2.30. The second kappa shape index (κ2) is 6.50. The molecule has 1 aromatic carbocycles. The Balaban J connectivity index is 2.01. The van der Waals surface area contributed by atoms with E-state index >= 15 is 0 Å². The summed E-state index contributed by atoms with van der Waals surface area (Å²) in [7, 11) is -3.91. The van der Waals surface area contributed by atoms with Gasteiger partial charge in [0.05, 0.1) is 4.90 Å². The molecular formula is C14H16ClN3O3S. The molecule has 1 heterocycles. The number of carbonyl (C=O) groups excluding carboxylic acids is 1. The monoisotopic (exact) mass is 341 g/mol. The van der Waals surface area contributed by atoms with Crippen LogP contribution in [-0.4, -0.2) is 24.3 Å². The first-order valence-electron chi connectivity index (χ1n) is 6.60. The van der Waals surface area contributed by atoms with Gasteiger partial charge in [0.1, 0.15) is 5.82 Å². The number of halogens is 1. The van der Waals surface area contributed by atoms with E-state index in [2.05, 4.69) is 9.97 Å². The van der Waals surface area contributed by atoms with Crippen molar-refractivity contribution in [2.45, 2.75) is 31.6 Å². The van der Waals surface area contributed by atoms with Crippen molar-refractivity contribution in [2.24, 2.45) is 0 Å². The van der Waals surface area contributed by atoms with Gasteiger partial charge in [0.25, 0.3) is 10.0 Å². The number of aromatic nitrogens is 2. The number of nitrogens with zero attached hydrogens (tertiary/aromatic N) is 1. The van der Waals surface area contributed by atoms with Crippen LogP contribution in [0.15, 0.2) is 29.3 Å². The smallest absolute Gasteiger partial charge is 0.264 e. The number of aryl methyl sites for hydroxylation is 3. The maximum absolute atomic E-state index is 12.1. The number of carbonyl (C=O) groups is 1. The quantitative estimate of drug-likeness (QED) is 0.871. The first-order chi connectivity index (χ1) is 10.3. The van der Waals surface area contributed by atoms with Gasteiger partial charge in [0, 0.05) is 29.8 Å². The Morgan fingerprint density at radius 3 is 2.68 bits per heavy atom. The van der Waals surface area contributed by atoms with Crippen LogP contribution in [0.5, 0.6) is 0 Å². The summed E-state index contributed by atoms with van der Waals surface area (Å²) >= 11 is 5.91. The van der Waals surface area contributed by atoms with Crippen molar-refractivity contribution in [3.05, 3.63) is 46.5 Å². The molecule has 0 spiro atoms. The summed E-state index contributed by atoms with van der Waals surface area (Å²) < 4.78 is 26.2. The summed E-state index contributed by atoms with van der Waals surface area (Å²) in [5.41, 5.74) is 1.65. The van der Waals surface area contributed by atoms with Crippen molar-refractivity contribution in [2.75, 3.05) is 0 Å². The highest BCUT2D eigenvalue weighted by Crippen LogP contribution is 2.19. The first kappa shape index (κ1) is 16.5. The maximum Gasteiger partial charge on any atom is 0.264 e. The Labute approximate surface area is 134 Å². The molecule has 2 N–H and O–H groups in total. The molecule has 1 aromatic heterocycles. The van der Waals surface area contributed by atoms with Crippen molar-refractivity contribution in [3.8, 4) is 0 Å². The molecule has 0 aliphatic carbocycles. The standard InChI is InChI=1S/C14H16ClN3O3S/c1-9-3-4-11(7-12(9)15)22(20,21)18-14(19)6-5-13-16-8-10(2)17-13/h3-4,7-8H,5-6H2,1-2H3,(H,16,17)(H,18,19). The highest BCUT2D eigenvalue weighted by atomic mass is 35.5. The summed E-state index contributed by atoms with van der Waals surface area (Å²) in [5.74, 6) is 0.0502. The van der Waals surface area contributed by atoms with Crippen molar-refractivity contribution in [3.63, 3.8) is 0 Å². The van der Waals surface area contributed by atoms with Gasteiger partial charge in [-0.1, -0.05) is 17.7 Å². The molecule has 0 atom stereocenters. The molecule has 22 heavy (non-hydrogen) atoms. The molecular weight excluding hydrogens is 326 g/mol. The Morgan fingerprint density at radius 2 is 2.09 bits per heavy atom. The van der Waals surface area contributed by atoms with E-state index in [4.69, 9.17) is 11.6 Å². The van der Waals surface area contributed by atoms with Crippen LogP contribution < -0.4 is 4.72 Å². The third kappa shape index (κ3) is 4.08. The number of sulfonamides is 1. The van der Waals surface area contributed by atoms with Gasteiger partial charge >= 0.3 is 0 Å². The SMILES string of the molecule is Cc1cnc(CCC(=O)NS(=O)(=O)c2ccc(C)c(Cl)c2)[nH]1. The van der Waals surface area contributed by atoms with E-state index in [1.807, 2.05) is 11.6 Å². The number of nitrogens with one attached hydrogen (secondary N) is 2. The maximum atomic E-state index is 12.1. The fourth-order valence-corrected chi connectivity index (χ4v) is 3.11. The van der Waals surface area contributed by atoms with Crippen LogP contribution >= 0.6 is 11.6 Å². The number of amides is 1. The number of hydrogen-bond acceptors (Lipinski definition) is 4. The third-order valence-electron chi connectivity index (χ3n) is 3.05. The van der Waals surface area contributed by atoms with Crippen molar-refractivity contribution < 1.29 is 13.2 Å². The van der Waals surface area contributed by atoms with Gasteiger partial charge < -0.3 is 4.98 Å². The number of imidazole rings is 1. The Bertz CT molecular complexity index is 799. The molecule has 0 aliphatic rings. The average molecular weight is 342 g/mol. The minimum atomic E-state index is -3.91. The van der Waals surface area contributed by atoms with Gasteiger partial charge in [-0.15, -0.1) is 0 Å². The second-order valence-electron chi connectivity index (χ2n) is 4.95. The van der Waals surface area contributed by atoms with Gasteiger partial charge in [-0.3, -0.25) is 4.79 Å². The molecule has 0 bridgehead atoms. The Morgan fingerprint density at radius 1 is 1.36 bits per heavy atom. The van der Waals surface area contributed by atoms with Crippen LogP contribution in [0.3, 0.4) is 0 Å². The molecule has 2 rings (SSSR count). The number of H-pyrrole nitrogens is 1. The zero-order valence-corrected chi connectivity index (χ0v) is 13.8. The number of hydrogen-bond donors (Lipinski definition) is 2. The highest BCUT2D eigenvalue weighted by Gasteiger charge is 2.18. The zero-order valence-electron chi connectivity index (χ0n) is 12.2. The molecule has 0 aliphatic heterocycles. The summed E-state index contributed by atoms with van der Waals surface area (Å²) in [4.78, 5) is 18.8. The van der Waals surface area contributed by atoms with E-state index in [9.17, 15) is 13.2 Å². The molecule has 0 unspecified atom stereocenters. The molecule has 0 radical (unpaired) electrons. The van der Waals surface area contributed by atoms with Crippen LogP contribution in [0, 0.1) is 13.8 Å². The molecule has 8 heteroatoms. The second-order valence-corrected chi connectivity index (χ2v) is 7.04. The fourth-order valence-electron chi connectivity index (χ4n) is 1.83. The first-order valence-corrected chi connectivity index (χ1v) is 8.46. The van der Waals surface area contributed by atoms with Crippen molar-refractivity contribution >= 4 is 27.5 Å². The van der Waals surface area contributed by atoms with Crippen molar-refractivity contribution in [1.29, 1.82) is 0 Å². The van der Waals surface area contributed by atoms with Crippen molar-refractivity contribution in [1.82, 2.24) is 14.7 Å². The molecule has 6 nitrogen and oxygen atoms in total. The lowest BCUT2D eigenvalue weighted by molar-refractivity contribution is -0.119. The molecule has 0 fully saturated rings. The minimum absolute atomic E-state index is 0.0196. The number of rotatable bonds is 5. The number of benzene rings is 1. The normalized spacial score (nSPS) is 11.4. The van der Waals surface area contributed by atoms with E-state index < -0.39 is 15.9 Å². The van der Waals surface area contributed by atoms with Crippen LogP contribution in [0.4, 0.5) is 0 Å². The summed E-state index contributed by atoms with van der Waals surface area (Å²) in [6.45, 7) is 3.62. The molecule has 2 aromatic rings. The van der Waals surface area contributed by atoms with E-state index in [0.717, 1.165) is 11.3 Å². The topological polar surface area (TPSA) is 91.9 Å². The highest BCUT2D eigenvalue weighted by molar-refractivity contribution is 7.90. The zero-order chi connectivity index (χ0) is 16.3. The third-order valence-corrected chi connectivity index (χ3v) is 4.82. The lowest BCUT2D eigenvalue weighted by atomic mass is 10.2. The largest absolute Gasteiger partial charge is 0.346 e. The summed E-state index contributed by atoms with van der Waals surface area (Å²) in [5, 5.41) is 0.335. The predicted octanol–water partition coefficient (Wildman–Crippen LogP) is 2.12. The van der Waals surface area contributed by atoms with Crippen LogP contribution in [0.25, 0.3) is 0 Å². The minimum Gasteiger partial charge on any atom is -0.346 e. The van der Waals surface area contributed by atoms with Gasteiger partial charge in [-0.25, -0.2) is 18.1 Å². The molecule has 118 valence electrons. The average Bonchev–Trinajstić information content (AvgIpc) is 2.85. The van der Waals surface area contributed by atoms with Gasteiger partial charge in [-0.2, -0.15) is 0 Å². The van der Waals surface area contributed by atoms with Crippen LogP contribution in [0.1, 0.15) is 23.5 Å². The molecule has 0 saturated heterocycles. The van der Waals surface area contributed by atoms with Crippen LogP contribution in [0.2, 0.25) is 5.02 Å². The van der Waals surface area contributed by atoms with Gasteiger partial charge in [-0.05, 0) is 31.5 Å². The van der Waals surface area contributed by atoms with E-state index in [1.165, 1.54) is 12.1 Å². The van der Waals surface area contributed by atoms with E-state index in [0.29, 0.717) is 17.3 Å². The van der Waals surface area contributed by atoms with Gasteiger partial charge in [0.2, 0.25) is 5.91 Å². The fraction of sp³-hybridized carbons (Fsp3) is 0.286. The Kier molecular flexibility index (Phi) is 4.87.